The van der Waals surface area contributed by atoms with Crippen molar-refractivity contribution in [1.29, 1.82) is 0 Å². The Morgan fingerprint density at radius 3 is 3.06 bits per heavy atom. The van der Waals surface area contributed by atoms with Gasteiger partial charge >= 0.3 is 0 Å². The molecule has 1 unspecified atom stereocenters. The molecule has 3 nitrogen and oxygen atoms in total. The van der Waals surface area contributed by atoms with E-state index in [1.54, 1.807) is 11.8 Å². The number of anilines is 1. The second kappa shape index (κ2) is 6.26. The van der Waals surface area contributed by atoms with E-state index >= 15 is 0 Å². The normalized spacial score (nSPS) is 20.0. The monoisotopic (exact) mass is 382 g/mol. The van der Waals surface area contributed by atoms with Crippen LogP contribution in [-0.2, 0) is 4.79 Å². The molecular formula is C11H12ClIN2OS. The quantitative estimate of drug-likeness (QED) is 0.773. The van der Waals surface area contributed by atoms with Gasteiger partial charge in [-0.25, -0.2) is 0 Å². The lowest BCUT2D eigenvalue weighted by Crippen LogP contribution is -2.46. The summed E-state index contributed by atoms with van der Waals surface area (Å²) in [6.07, 6.45) is 0. The molecule has 92 valence electrons. The van der Waals surface area contributed by atoms with Crippen molar-refractivity contribution in [3.05, 3.63) is 26.8 Å². The van der Waals surface area contributed by atoms with E-state index in [2.05, 4.69) is 33.2 Å². The summed E-state index contributed by atoms with van der Waals surface area (Å²) in [6.45, 7) is 0.878. The number of nitrogens with one attached hydrogen (secondary N) is 2. The minimum absolute atomic E-state index is 0.0136. The number of amides is 1. The Kier molecular flexibility index (Phi) is 4.96. The molecule has 0 radical (unpaired) electrons. The van der Waals surface area contributed by atoms with Gasteiger partial charge in [0.15, 0.2) is 0 Å². The average molecular weight is 383 g/mol. The molecule has 6 heteroatoms. The largest absolute Gasteiger partial charge is 0.323 e. The summed E-state index contributed by atoms with van der Waals surface area (Å²) >= 11 is 10.0. The lowest BCUT2D eigenvalue weighted by atomic mass is 10.2. The van der Waals surface area contributed by atoms with Crippen molar-refractivity contribution in [3.8, 4) is 0 Å². The predicted octanol–water partition coefficient (Wildman–Crippen LogP) is 2.59. The zero-order chi connectivity index (χ0) is 12.3. The highest BCUT2D eigenvalue weighted by Gasteiger charge is 2.21. The SMILES string of the molecule is O=C(Nc1ccc(I)cc1Cl)C1CSCCN1. The van der Waals surface area contributed by atoms with Crippen molar-refractivity contribution in [2.24, 2.45) is 0 Å². The molecule has 2 N–H and O–H groups in total. The first-order valence-electron chi connectivity index (χ1n) is 5.24. The molecule has 1 amide bonds. The molecule has 2 rings (SSSR count). The van der Waals surface area contributed by atoms with Crippen LogP contribution in [0.5, 0.6) is 0 Å². The smallest absolute Gasteiger partial charge is 0.242 e. The van der Waals surface area contributed by atoms with Gasteiger partial charge < -0.3 is 10.6 Å². The Morgan fingerprint density at radius 1 is 1.59 bits per heavy atom. The number of benzene rings is 1. The molecule has 1 heterocycles. The van der Waals surface area contributed by atoms with Crippen molar-refractivity contribution in [2.75, 3.05) is 23.4 Å². The van der Waals surface area contributed by atoms with E-state index < -0.39 is 0 Å². The van der Waals surface area contributed by atoms with Gasteiger partial charge in [-0.05, 0) is 40.8 Å². The van der Waals surface area contributed by atoms with Crippen LogP contribution in [0.3, 0.4) is 0 Å². The maximum absolute atomic E-state index is 12.0. The zero-order valence-corrected chi connectivity index (χ0v) is 12.7. The van der Waals surface area contributed by atoms with Crippen LogP contribution < -0.4 is 10.6 Å². The summed E-state index contributed by atoms with van der Waals surface area (Å²) in [6, 6.07) is 5.47. The van der Waals surface area contributed by atoms with Crippen LogP contribution in [-0.4, -0.2) is 30.0 Å². The molecule has 17 heavy (non-hydrogen) atoms. The maximum atomic E-state index is 12.0. The summed E-state index contributed by atoms with van der Waals surface area (Å²) in [7, 11) is 0. The Bertz CT molecular complexity index is 424. The second-order valence-corrected chi connectivity index (χ2v) is 6.50. The van der Waals surface area contributed by atoms with Gasteiger partial charge in [-0.3, -0.25) is 4.79 Å². The van der Waals surface area contributed by atoms with Gasteiger partial charge in [-0.1, -0.05) is 11.6 Å². The van der Waals surface area contributed by atoms with Crippen molar-refractivity contribution in [3.63, 3.8) is 0 Å². The Balaban J connectivity index is 2.02. The van der Waals surface area contributed by atoms with E-state index in [1.807, 2.05) is 18.2 Å². The van der Waals surface area contributed by atoms with E-state index in [0.29, 0.717) is 10.7 Å². The van der Waals surface area contributed by atoms with Gasteiger partial charge in [0.25, 0.3) is 0 Å². The van der Waals surface area contributed by atoms with E-state index in [-0.39, 0.29) is 11.9 Å². The number of hydrogen-bond donors (Lipinski definition) is 2. The molecule has 1 aromatic rings. The van der Waals surface area contributed by atoms with Gasteiger partial charge in [0, 0.05) is 21.6 Å². The number of hydrogen-bond acceptors (Lipinski definition) is 3. The van der Waals surface area contributed by atoms with Crippen molar-refractivity contribution in [1.82, 2.24) is 5.32 Å². The van der Waals surface area contributed by atoms with Gasteiger partial charge in [0.2, 0.25) is 5.91 Å². The summed E-state index contributed by atoms with van der Waals surface area (Å²) in [5.41, 5.74) is 0.675. The van der Waals surface area contributed by atoms with Crippen molar-refractivity contribution < 1.29 is 4.79 Å². The Morgan fingerprint density at radius 2 is 2.41 bits per heavy atom. The molecule has 1 fully saturated rings. The van der Waals surface area contributed by atoms with E-state index in [4.69, 9.17) is 11.6 Å². The lowest BCUT2D eigenvalue weighted by Gasteiger charge is -2.22. The molecule has 0 spiro atoms. The molecule has 1 aromatic carbocycles. The fraction of sp³-hybridized carbons (Fsp3) is 0.364. The Hall–Kier alpha value is 0.0200. The van der Waals surface area contributed by atoms with Gasteiger partial charge in [-0.15, -0.1) is 0 Å². The third kappa shape index (κ3) is 3.74. The maximum Gasteiger partial charge on any atom is 0.242 e. The standard InChI is InChI=1S/C11H12ClIN2OS/c12-8-5-7(13)1-2-9(8)15-11(16)10-6-17-4-3-14-10/h1-2,5,10,14H,3-4,6H2,(H,15,16). The van der Waals surface area contributed by atoms with Crippen LogP contribution in [0.4, 0.5) is 5.69 Å². The highest BCUT2D eigenvalue weighted by Crippen LogP contribution is 2.24. The number of rotatable bonds is 2. The topological polar surface area (TPSA) is 41.1 Å². The molecule has 1 atom stereocenters. The molecule has 0 aromatic heterocycles. The first-order valence-corrected chi connectivity index (χ1v) is 7.85. The van der Waals surface area contributed by atoms with Crippen LogP contribution in [0.15, 0.2) is 18.2 Å². The summed E-state index contributed by atoms with van der Waals surface area (Å²) in [5, 5.41) is 6.63. The van der Waals surface area contributed by atoms with Crippen molar-refractivity contribution in [2.45, 2.75) is 6.04 Å². The molecule has 0 saturated carbocycles. The van der Waals surface area contributed by atoms with Crippen LogP contribution >= 0.6 is 46.0 Å². The predicted molar refractivity (Wildman–Crippen MR) is 81.9 cm³/mol. The minimum Gasteiger partial charge on any atom is -0.323 e. The van der Waals surface area contributed by atoms with E-state index in [0.717, 1.165) is 21.6 Å². The minimum atomic E-state index is -0.121. The third-order valence-electron chi connectivity index (χ3n) is 2.43. The second-order valence-electron chi connectivity index (χ2n) is 3.70. The fourth-order valence-corrected chi connectivity index (χ4v) is 3.38. The van der Waals surface area contributed by atoms with Gasteiger partial charge in [0.05, 0.1) is 16.8 Å². The van der Waals surface area contributed by atoms with Crippen molar-refractivity contribution >= 4 is 57.5 Å². The number of carbonyl (C=O) groups is 1. The lowest BCUT2D eigenvalue weighted by molar-refractivity contribution is -0.117. The highest BCUT2D eigenvalue weighted by molar-refractivity contribution is 14.1. The van der Waals surface area contributed by atoms with Crippen LogP contribution in [0.25, 0.3) is 0 Å². The number of carbonyl (C=O) groups excluding carboxylic acids is 1. The van der Waals surface area contributed by atoms with Gasteiger partial charge in [0.1, 0.15) is 0 Å². The third-order valence-corrected chi connectivity index (χ3v) is 4.47. The molecule has 1 aliphatic rings. The van der Waals surface area contributed by atoms with Crippen LogP contribution in [0.1, 0.15) is 0 Å². The molecule has 1 aliphatic heterocycles. The summed E-state index contributed by atoms with van der Waals surface area (Å²) in [4.78, 5) is 12.0. The van der Waals surface area contributed by atoms with E-state index in [9.17, 15) is 4.79 Å². The molecule has 0 aliphatic carbocycles. The average Bonchev–Trinajstić information content (AvgIpc) is 2.34. The molecule has 0 bridgehead atoms. The van der Waals surface area contributed by atoms with Crippen LogP contribution in [0.2, 0.25) is 5.02 Å². The van der Waals surface area contributed by atoms with E-state index in [1.165, 1.54) is 0 Å². The summed E-state index contributed by atoms with van der Waals surface area (Å²) in [5.74, 6) is 1.86. The highest BCUT2D eigenvalue weighted by atomic mass is 127. The first-order chi connectivity index (χ1) is 8.16. The van der Waals surface area contributed by atoms with Crippen LogP contribution in [0, 0.1) is 3.57 Å². The molecule has 1 saturated heterocycles. The Labute approximate surface area is 123 Å². The fourth-order valence-electron chi connectivity index (χ4n) is 1.54. The summed E-state index contributed by atoms with van der Waals surface area (Å²) < 4.78 is 1.05. The number of thioether (sulfide) groups is 1. The number of halogens is 2. The first kappa shape index (κ1) is 13.5. The zero-order valence-electron chi connectivity index (χ0n) is 9.00. The molecular weight excluding hydrogens is 371 g/mol. The van der Waals surface area contributed by atoms with Gasteiger partial charge in [-0.2, -0.15) is 11.8 Å².